The van der Waals surface area contributed by atoms with Gasteiger partial charge in [-0.2, -0.15) is 0 Å². The van der Waals surface area contributed by atoms with E-state index >= 15 is 0 Å². The SMILES string of the molecule is COc1ccc(NC(N)=NCC(c2ccc(OC)c(OC)c2)N(C)C)cc1.I. The predicted octanol–water partition coefficient (Wildman–Crippen LogP) is 3.36. The molecule has 0 heterocycles. The Bertz CT molecular complexity index is 767. The molecule has 0 aliphatic heterocycles. The van der Waals surface area contributed by atoms with Crippen LogP contribution in [0.1, 0.15) is 11.6 Å². The monoisotopic (exact) mass is 500 g/mol. The molecule has 0 fully saturated rings. The second-order valence-corrected chi connectivity index (χ2v) is 6.17. The summed E-state index contributed by atoms with van der Waals surface area (Å²) in [4.78, 5) is 6.59. The number of rotatable bonds is 8. The molecule has 1 unspecified atom stereocenters. The molecule has 0 aliphatic rings. The number of nitrogens with two attached hydrogens (primary N) is 1. The van der Waals surface area contributed by atoms with E-state index < -0.39 is 0 Å². The van der Waals surface area contributed by atoms with Gasteiger partial charge in [-0.05, 0) is 56.1 Å². The van der Waals surface area contributed by atoms with E-state index in [1.165, 1.54) is 0 Å². The number of ether oxygens (including phenoxy) is 3. The number of benzene rings is 2. The molecule has 0 aliphatic carbocycles. The Labute approximate surface area is 183 Å². The van der Waals surface area contributed by atoms with Crippen LogP contribution in [0.25, 0.3) is 0 Å². The molecule has 0 spiro atoms. The maximum Gasteiger partial charge on any atom is 0.193 e. The van der Waals surface area contributed by atoms with E-state index in [0.29, 0.717) is 24.0 Å². The smallest absolute Gasteiger partial charge is 0.193 e. The van der Waals surface area contributed by atoms with E-state index in [2.05, 4.69) is 15.2 Å². The third-order valence-electron chi connectivity index (χ3n) is 4.21. The maximum atomic E-state index is 6.05. The number of nitrogens with one attached hydrogen (secondary N) is 1. The van der Waals surface area contributed by atoms with Crippen LogP contribution in [0.15, 0.2) is 47.5 Å². The van der Waals surface area contributed by atoms with E-state index in [4.69, 9.17) is 19.9 Å². The summed E-state index contributed by atoms with van der Waals surface area (Å²) >= 11 is 0. The zero-order valence-electron chi connectivity index (χ0n) is 16.9. The summed E-state index contributed by atoms with van der Waals surface area (Å²) in [6.07, 6.45) is 0. The number of hydrogen-bond acceptors (Lipinski definition) is 5. The molecule has 0 saturated heterocycles. The van der Waals surface area contributed by atoms with E-state index in [1.54, 1.807) is 21.3 Å². The number of anilines is 1. The van der Waals surface area contributed by atoms with Crippen molar-refractivity contribution < 1.29 is 14.2 Å². The summed E-state index contributed by atoms with van der Waals surface area (Å²) in [5, 5.41) is 3.09. The first-order chi connectivity index (χ1) is 13.0. The van der Waals surface area contributed by atoms with Gasteiger partial charge in [0.2, 0.25) is 0 Å². The molecular weight excluding hydrogens is 471 g/mol. The van der Waals surface area contributed by atoms with Gasteiger partial charge >= 0.3 is 0 Å². The number of aliphatic imine (C=N–C) groups is 1. The maximum absolute atomic E-state index is 6.05. The van der Waals surface area contributed by atoms with Crippen molar-refractivity contribution in [2.24, 2.45) is 10.7 Å². The second-order valence-electron chi connectivity index (χ2n) is 6.17. The van der Waals surface area contributed by atoms with Crippen LogP contribution in [-0.2, 0) is 0 Å². The van der Waals surface area contributed by atoms with Gasteiger partial charge in [0.25, 0.3) is 0 Å². The number of methoxy groups -OCH3 is 3. The zero-order valence-corrected chi connectivity index (χ0v) is 19.3. The summed E-state index contributed by atoms with van der Waals surface area (Å²) in [6.45, 7) is 0.497. The summed E-state index contributed by atoms with van der Waals surface area (Å²) in [5.41, 5.74) is 7.97. The molecule has 7 nitrogen and oxygen atoms in total. The molecule has 2 aromatic carbocycles. The number of guanidine groups is 1. The molecule has 8 heteroatoms. The lowest BCUT2D eigenvalue weighted by atomic mass is 10.1. The summed E-state index contributed by atoms with van der Waals surface area (Å²) < 4.78 is 15.9. The minimum Gasteiger partial charge on any atom is -0.497 e. The number of halogens is 1. The van der Waals surface area contributed by atoms with Crippen molar-refractivity contribution in [3.63, 3.8) is 0 Å². The van der Waals surface area contributed by atoms with Gasteiger partial charge in [0.1, 0.15) is 5.75 Å². The van der Waals surface area contributed by atoms with Crippen LogP contribution in [0, 0.1) is 0 Å². The fourth-order valence-corrected chi connectivity index (χ4v) is 2.67. The van der Waals surface area contributed by atoms with Gasteiger partial charge in [0.15, 0.2) is 17.5 Å². The van der Waals surface area contributed by atoms with Crippen molar-refractivity contribution in [2.75, 3.05) is 47.3 Å². The van der Waals surface area contributed by atoms with Gasteiger partial charge in [-0.15, -0.1) is 24.0 Å². The number of likely N-dealkylation sites (N-methyl/N-ethyl adjacent to an activating group) is 1. The van der Waals surface area contributed by atoms with Crippen molar-refractivity contribution >= 4 is 35.6 Å². The van der Waals surface area contributed by atoms with Crippen molar-refractivity contribution in [3.8, 4) is 17.2 Å². The lowest BCUT2D eigenvalue weighted by Crippen LogP contribution is -2.27. The Hall–Kier alpha value is -2.20. The topological polar surface area (TPSA) is 81.3 Å². The Kier molecular flexibility index (Phi) is 9.88. The van der Waals surface area contributed by atoms with Crippen molar-refractivity contribution in [2.45, 2.75) is 6.04 Å². The number of hydrogen-bond donors (Lipinski definition) is 2. The molecule has 1 atom stereocenters. The van der Waals surface area contributed by atoms with Crippen molar-refractivity contribution in [1.29, 1.82) is 0 Å². The highest BCUT2D eigenvalue weighted by atomic mass is 127. The largest absolute Gasteiger partial charge is 0.497 e. The summed E-state index contributed by atoms with van der Waals surface area (Å²) in [7, 11) is 8.89. The standard InChI is InChI=1S/C20H28N4O3.HI/c1-24(2)17(14-6-11-18(26-4)19(12-14)27-5)13-22-20(21)23-15-7-9-16(25-3)10-8-15;/h6-12,17H,13H2,1-5H3,(H3,21,22,23);1H. The van der Waals surface area contributed by atoms with E-state index in [0.717, 1.165) is 17.0 Å². The highest BCUT2D eigenvalue weighted by Gasteiger charge is 2.16. The van der Waals surface area contributed by atoms with E-state index in [1.807, 2.05) is 56.6 Å². The Morgan fingerprint density at radius 1 is 1.00 bits per heavy atom. The first kappa shape index (κ1) is 23.8. The Morgan fingerprint density at radius 3 is 2.18 bits per heavy atom. The lowest BCUT2D eigenvalue weighted by Gasteiger charge is -2.24. The normalized spacial score (nSPS) is 12.1. The van der Waals surface area contributed by atoms with Crippen LogP contribution < -0.4 is 25.3 Å². The third kappa shape index (κ3) is 6.45. The molecule has 3 N–H and O–H groups in total. The van der Waals surface area contributed by atoms with E-state index in [9.17, 15) is 0 Å². The van der Waals surface area contributed by atoms with Gasteiger partial charge in [-0.25, -0.2) is 0 Å². The first-order valence-electron chi connectivity index (χ1n) is 8.57. The first-order valence-corrected chi connectivity index (χ1v) is 8.57. The molecule has 28 heavy (non-hydrogen) atoms. The van der Waals surface area contributed by atoms with Gasteiger partial charge in [0.05, 0.1) is 33.9 Å². The molecule has 0 saturated carbocycles. The molecule has 2 aromatic rings. The second kappa shape index (κ2) is 11.6. The molecule has 0 radical (unpaired) electrons. The van der Waals surface area contributed by atoms with Crippen LogP contribution in [0.5, 0.6) is 17.2 Å². The molecule has 154 valence electrons. The van der Waals surface area contributed by atoms with Crippen LogP contribution in [0.3, 0.4) is 0 Å². The van der Waals surface area contributed by atoms with E-state index in [-0.39, 0.29) is 30.0 Å². The average Bonchev–Trinajstić information content (AvgIpc) is 2.68. The summed E-state index contributed by atoms with van der Waals surface area (Å²) in [6, 6.07) is 13.4. The molecular formula is C20H29IN4O3. The lowest BCUT2D eigenvalue weighted by molar-refractivity contribution is 0.303. The van der Waals surface area contributed by atoms with Crippen molar-refractivity contribution in [3.05, 3.63) is 48.0 Å². The van der Waals surface area contributed by atoms with Gasteiger partial charge in [-0.3, -0.25) is 4.99 Å². The van der Waals surface area contributed by atoms with Crippen LogP contribution >= 0.6 is 24.0 Å². The zero-order chi connectivity index (χ0) is 19.8. The van der Waals surface area contributed by atoms with Crippen molar-refractivity contribution in [1.82, 2.24) is 4.90 Å². The molecule has 0 bridgehead atoms. The summed E-state index contributed by atoms with van der Waals surface area (Å²) in [5.74, 6) is 2.53. The highest BCUT2D eigenvalue weighted by Crippen LogP contribution is 2.31. The highest BCUT2D eigenvalue weighted by molar-refractivity contribution is 14.0. The predicted molar refractivity (Wildman–Crippen MR) is 124 cm³/mol. The van der Waals surface area contributed by atoms with Gasteiger partial charge < -0.3 is 30.2 Å². The minimum atomic E-state index is 0. The van der Waals surface area contributed by atoms with Gasteiger partial charge in [0, 0.05) is 5.69 Å². The fourth-order valence-electron chi connectivity index (χ4n) is 2.67. The third-order valence-corrected chi connectivity index (χ3v) is 4.21. The average molecular weight is 500 g/mol. The molecule has 2 rings (SSSR count). The van der Waals surface area contributed by atoms with Crippen LogP contribution in [-0.4, -0.2) is 52.8 Å². The van der Waals surface area contributed by atoms with Gasteiger partial charge in [-0.1, -0.05) is 6.07 Å². The molecule has 0 amide bonds. The van der Waals surface area contributed by atoms with Crippen LogP contribution in [0.4, 0.5) is 5.69 Å². The Balaban J connectivity index is 0.00000392. The van der Waals surface area contributed by atoms with Crippen LogP contribution in [0.2, 0.25) is 0 Å². The quantitative estimate of drug-likeness (QED) is 0.329. The number of nitrogens with zero attached hydrogens (tertiary/aromatic N) is 2. The molecule has 0 aromatic heterocycles. The Morgan fingerprint density at radius 2 is 1.64 bits per heavy atom. The fraction of sp³-hybridized carbons (Fsp3) is 0.350. The minimum absolute atomic E-state index is 0.